The van der Waals surface area contributed by atoms with Gasteiger partial charge in [-0.25, -0.2) is 0 Å². The number of carbonyl (C=O) groups excluding carboxylic acids is 1. The lowest BCUT2D eigenvalue weighted by Gasteiger charge is -2.19. The van der Waals surface area contributed by atoms with Crippen LogP contribution in [0, 0.1) is 19.8 Å². The summed E-state index contributed by atoms with van der Waals surface area (Å²) in [4.78, 5) is 12.5. The third-order valence-electron chi connectivity index (χ3n) is 4.92. The summed E-state index contributed by atoms with van der Waals surface area (Å²) in [5.74, 6) is -0.0804. The van der Waals surface area contributed by atoms with Crippen molar-refractivity contribution in [3.8, 4) is 0 Å². The number of hydrogen-bond acceptors (Lipinski definition) is 3. The molecule has 1 heterocycles. The van der Waals surface area contributed by atoms with Crippen LogP contribution in [0.1, 0.15) is 35.5 Å². The minimum Gasteiger partial charge on any atom is -0.396 e. The summed E-state index contributed by atoms with van der Waals surface area (Å²) in [5.41, 5.74) is 4.15. The van der Waals surface area contributed by atoms with Crippen molar-refractivity contribution in [2.24, 2.45) is 5.92 Å². The number of rotatable bonds is 7. The average Bonchev–Trinajstić information content (AvgIpc) is 2.82. The standard InChI is InChI=1S/C19H28N2O3/c1-12(11-22)14(3)20-19(23)16-6-7-18-17(10-16)13(2)15(4)21(18)8-9-24-5/h6-7,10,12,14,22H,8-9,11H2,1-5H3,(H,20,23). The molecule has 2 aromatic rings. The number of carbonyl (C=O) groups is 1. The quantitative estimate of drug-likeness (QED) is 0.819. The smallest absolute Gasteiger partial charge is 0.251 e. The van der Waals surface area contributed by atoms with Crippen molar-refractivity contribution in [1.29, 1.82) is 0 Å². The summed E-state index contributed by atoms with van der Waals surface area (Å²) in [6.45, 7) is 9.51. The molecule has 2 unspecified atom stereocenters. The van der Waals surface area contributed by atoms with Gasteiger partial charge in [-0.15, -0.1) is 0 Å². The monoisotopic (exact) mass is 332 g/mol. The summed E-state index contributed by atoms with van der Waals surface area (Å²) < 4.78 is 7.42. The van der Waals surface area contributed by atoms with Gasteiger partial charge in [0.1, 0.15) is 0 Å². The number of aromatic nitrogens is 1. The van der Waals surface area contributed by atoms with E-state index in [2.05, 4.69) is 23.7 Å². The van der Waals surface area contributed by atoms with E-state index in [4.69, 9.17) is 4.74 Å². The van der Waals surface area contributed by atoms with Crippen LogP contribution in [-0.2, 0) is 11.3 Å². The highest BCUT2D eigenvalue weighted by Crippen LogP contribution is 2.26. The topological polar surface area (TPSA) is 63.5 Å². The van der Waals surface area contributed by atoms with Gasteiger partial charge in [-0.2, -0.15) is 0 Å². The van der Waals surface area contributed by atoms with E-state index in [0.717, 1.165) is 17.4 Å². The number of aliphatic hydroxyl groups is 1. The van der Waals surface area contributed by atoms with Crippen LogP contribution < -0.4 is 5.32 Å². The van der Waals surface area contributed by atoms with E-state index >= 15 is 0 Å². The Morgan fingerprint density at radius 3 is 2.67 bits per heavy atom. The maximum Gasteiger partial charge on any atom is 0.251 e. The Hall–Kier alpha value is -1.85. The van der Waals surface area contributed by atoms with Crippen LogP contribution in [0.25, 0.3) is 10.9 Å². The normalized spacial score (nSPS) is 13.9. The van der Waals surface area contributed by atoms with Crippen LogP contribution in [0.3, 0.4) is 0 Å². The fraction of sp³-hybridized carbons (Fsp3) is 0.526. The third-order valence-corrected chi connectivity index (χ3v) is 4.92. The molecule has 0 spiro atoms. The molecule has 2 rings (SSSR count). The number of nitrogens with zero attached hydrogens (tertiary/aromatic N) is 1. The number of aliphatic hydroxyl groups excluding tert-OH is 1. The van der Waals surface area contributed by atoms with Gasteiger partial charge in [0.05, 0.1) is 6.61 Å². The molecule has 0 bridgehead atoms. The minimum absolute atomic E-state index is 0.0248. The molecule has 2 N–H and O–H groups in total. The van der Waals surface area contributed by atoms with Crippen LogP contribution >= 0.6 is 0 Å². The molecule has 1 aromatic carbocycles. The zero-order valence-corrected chi connectivity index (χ0v) is 15.2. The van der Waals surface area contributed by atoms with Crippen molar-refractivity contribution in [2.75, 3.05) is 20.3 Å². The van der Waals surface area contributed by atoms with Crippen LogP contribution in [-0.4, -0.2) is 41.9 Å². The van der Waals surface area contributed by atoms with E-state index in [1.807, 2.05) is 32.0 Å². The SMILES string of the molecule is COCCn1c(C)c(C)c2cc(C(=O)NC(C)C(C)CO)ccc21. The van der Waals surface area contributed by atoms with Gasteiger partial charge in [-0.05, 0) is 50.5 Å². The second-order valence-electron chi connectivity index (χ2n) is 6.51. The largest absolute Gasteiger partial charge is 0.396 e. The molecule has 5 heteroatoms. The summed E-state index contributed by atoms with van der Waals surface area (Å²) in [6, 6.07) is 5.73. The van der Waals surface area contributed by atoms with Crippen LogP contribution in [0.15, 0.2) is 18.2 Å². The fourth-order valence-electron chi connectivity index (χ4n) is 2.85. The van der Waals surface area contributed by atoms with E-state index in [-0.39, 0.29) is 24.5 Å². The van der Waals surface area contributed by atoms with Crippen molar-refractivity contribution >= 4 is 16.8 Å². The van der Waals surface area contributed by atoms with Gasteiger partial charge in [-0.3, -0.25) is 4.79 Å². The molecule has 0 aliphatic carbocycles. The molecule has 0 aliphatic heterocycles. The van der Waals surface area contributed by atoms with Crippen molar-refractivity contribution in [3.05, 3.63) is 35.0 Å². The van der Waals surface area contributed by atoms with Gasteiger partial charge in [-0.1, -0.05) is 6.92 Å². The van der Waals surface area contributed by atoms with Crippen molar-refractivity contribution < 1.29 is 14.6 Å². The van der Waals surface area contributed by atoms with Crippen molar-refractivity contribution in [3.63, 3.8) is 0 Å². The van der Waals surface area contributed by atoms with E-state index in [9.17, 15) is 9.90 Å². The van der Waals surface area contributed by atoms with E-state index in [1.165, 1.54) is 11.3 Å². The van der Waals surface area contributed by atoms with Gasteiger partial charge >= 0.3 is 0 Å². The van der Waals surface area contributed by atoms with Crippen molar-refractivity contribution in [2.45, 2.75) is 40.3 Å². The summed E-state index contributed by atoms with van der Waals surface area (Å²) in [6.07, 6.45) is 0. The van der Waals surface area contributed by atoms with Gasteiger partial charge < -0.3 is 19.7 Å². The molecule has 0 saturated heterocycles. The lowest BCUT2D eigenvalue weighted by molar-refractivity contribution is 0.0916. The van der Waals surface area contributed by atoms with Crippen LogP contribution in [0.5, 0.6) is 0 Å². The summed E-state index contributed by atoms with van der Waals surface area (Å²) >= 11 is 0. The molecule has 0 radical (unpaired) electrons. The molecule has 5 nitrogen and oxygen atoms in total. The van der Waals surface area contributed by atoms with Gasteiger partial charge in [0.2, 0.25) is 0 Å². The first-order chi connectivity index (χ1) is 11.4. The van der Waals surface area contributed by atoms with E-state index in [0.29, 0.717) is 12.2 Å². The lowest BCUT2D eigenvalue weighted by Crippen LogP contribution is -2.38. The Balaban J connectivity index is 2.31. The Morgan fingerprint density at radius 2 is 2.04 bits per heavy atom. The highest BCUT2D eigenvalue weighted by molar-refractivity contribution is 5.99. The molecule has 2 atom stereocenters. The molecule has 0 saturated carbocycles. The molecular weight excluding hydrogens is 304 g/mol. The van der Waals surface area contributed by atoms with E-state index in [1.54, 1.807) is 7.11 Å². The fourth-order valence-corrected chi connectivity index (χ4v) is 2.85. The number of hydrogen-bond donors (Lipinski definition) is 2. The van der Waals surface area contributed by atoms with Crippen LogP contribution in [0.4, 0.5) is 0 Å². The molecule has 0 fully saturated rings. The van der Waals surface area contributed by atoms with Gasteiger partial charge in [0.15, 0.2) is 0 Å². The number of aryl methyl sites for hydroxylation is 1. The summed E-state index contributed by atoms with van der Waals surface area (Å²) in [7, 11) is 1.70. The Bertz CT molecular complexity index is 721. The second kappa shape index (κ2) is 7.81. The zero-order chi connectivity index (χ0) is 17.9. The van der Waals surface area contributed by atoms with Crippen molar-refractivity contribution in [1.82, 2.24) is 9.88 Å². The van der Waals surface area contributed by atoms with Gasteiger partial charge in [0, 0.05) is 48.5 Å². The Labute approximate surface area is 143 Å². The second-order valence-corrected chi connectivity index (χ2v) is 6.51. The maximum absolute atomic E-state index is 12.5. The highest BCUT2D eigenvalue weighted by atomic mass is 16.5. The number of amides is 1. The molecule has 24 heavy (non-hydrogen) atoms. The first-order valence-electron chi connectivity index (χ1n) is 8.40. The molecule has 132 valence electrons. The first kappa shape index (κ1) is 18.5. The molecule has 1 aromatic heterocycles. The number of ether oxygens (including phenoxy) is 1. The third kappa shape index (κ3) is 3.62. The average molecular weight is 332 g/mol. The predicted octanol–water partition coefficient (Wildman–Crippen LogP) is 2.65. The van der Waals surface area contributed by atoms with E-state index < -0.39 is 0 Å². The molecule has 1 amide bonds. The Kier molecular flexibility index (Phi) is 6.02. The maximum atomic E-state index is 12.5. The first-order valence-corrected chi connectivity index (χ1v) is 8.40. The lowest BCUT2D eigenvalue weighted by atomic mass is 10.0. The predicted molar refractivity (Wildman–Crippen MR) is 96.5 cm³/mol. The highest BCUT2D eigenvalue weighted by Gasteiger charge is 2.17. The number of methoxy groups -OCH3 is 1. The van der Waals surface area contributed by atoms with Gasteiger partial charge in [0.25, 0.3) is 5.91 Å². The zero-order valence-electron chi connectivity index (χ0n) is 15.2. The number of fused-ring (bicyclic) bond motifs is 1. The molecule has 0 aliphatic rings. The van der Waals surface area contributed by atoms with Crippen LogP contribution in [0.2, 0.25) is 0 Å². The minimum atomic E-state index is -0.105. The number of nitrogens with one attached hydrogen (secondary N) is 1. The Morgan fingerprint density at radius 1 is 1.33 bits per heavy atom. The summed E-state index contributed by atoms with van der Waals surface area (Å²) in [5, 5.41) is 13.3. The molecular formula is C19H28N2O3. The number of benzene rings is 1.